The highest BCUT2D eigenvalue weighted by atomic mass is 16.3. The number of nitrogens with zero attached hydrogens (tertiary/aromatic N) is 1. The molecule has 0 aromatic heterocycles. The zero-order chi connectivity index (χ0) is 11.6. The number of carbonyl (C=O) groups is 2. The Morgan fingerprint density at radius 2 is 2.20 bits per heavy atom. The molecule has 0 aromatic carbocycles. The fourth-order valence-electron chi connectivity index (χ4n) is 1.54. The van der Waals surface area contributed by atoms with E-state index in [2.05, 4.69) is 5.32 Å². The summed E-state index contributed by atoms with van der Waals surface area (Å²) in [6, 6.07) is 0. The highest BCUT2D eigenvalue weighted by Gasteiger charge is 2.29. The van der Waals surface area contributed by atoms with E-state index in [0.717, 1.165) is 0 Å². The Kier molecular flexibility index (Phi) is 3.34. The summed E-state index contributed by atoms with van der Waals surface area (Å²) in [6.45, 7) is 5.94. The van der Waals surface area contributed by atoms with Crippen LogP contribution in [0.2, 0.25) is 0 Å². The van der Waals surface area contributed by atoms with E-state index < -0.39 is 6.10 Å². The number of β-amino-alcohol motifs (C(OH)–C–C–N with tert-alkyl or cyclic N) is 1. The Balaban J connectivity index is 2.42. The van der Waals surface area contributed by atoms with Crippen molar-refractivity contribution in [3.8, 4) is 0 Å². The molecule has 0 spiro atoms. The standard InChI is InChI=1S/C10H18N2O3/c1-10(2,3)11-8(14)6-12-5-7(13)4-9(12)15/h7,13H,4-6H2,1-3H3,(H,11,14). The zero-order valence-electron chi connectivity index (χ0n) is 9.41. The Hall–Kier alpha value is -1.10. The maximum absolute atomic E-state index is 11.5. The van der Waals surface area contributed by atoms with E-state index in [1.165, 1.54) is 4.90 Å². The van der Waals surface area contributed by atoms with Crippen LogP contribution >= 0.6 is 0 Å². The molecule has 5 heteroatoms. The van der Waals surface area contributed by atoms with Gasteiger partial charge in [0.15, 0.2) is 0 Å². The predicted octanol–water partition coefficient (Wildman–Crippen LogP) is -0.506. The lowest BCUT2D eigenvalue weighted by molar-refractivity contribution is -0.133. The van der Waals surface area contributed by atoms with Crippen LogP contribution in [0.15, 0.2) is 0 Å². The fraction of sp³-hybridized carbons (Fsp3) is 0.800. The number of amides is 2. The van der Waals surface area contributed by atoms with Gasteiger partial charge in [0.1, 0.15) is 0 Å². The number of hydrogen-bond acceptors (Lipinski definition) is 3. The Morgan fingerprint density at radius 3 is 2.60 bits per heavy atom. The van der Waals surface area contributed by atoms with Crippen molar-refractivity contribution < 1.29 is 14.7 Å². The Bertz CT molecular complexity index is 270. The van der Waals surface area contributed by atoms with Crippen LogP contribution in [0.1, 0.15) is 27.2 Å². The van der Waals surface area contributed by atoms with Crippen molar-refractivity contribution in [2.24, 2.45) is 0 Å². The van der Waals surface area contributed by atoms with Gasteiger partial charge in [-0.1, -0.05) is 0 Å². The average Bonchev–Trinajstić information content (AvgIpc) is 2.25. The molecule has 2 N–H and O–H groups in total. The maximum Gasteiger partial charge on any atom is 0.240 e. The monoisotopic (exact) mass is 214 g/mol. The SMILES string of the molecule is CC(C)(C)NC(=O)CN1CC(O)CC1=O. The summed E-state index contributed by atoms with van der Waals surface area (Å²) in [6.07, 6.45) is -0.497. The van der Waals surface area contributed by atoms with Gasteiger partial charge in [0, 0.05) is 12.1 Å². The van der Waals surface area contributed by atoms with Crippen LogP contribution in [0.4, 0.5) is 0 Å². The van der Waals surface area contributed by atoms with Crippen LogP contribution in [0.25, 0.3) is 0 Å². The molecule has 1 atom stereocenters. The van der Waals surface area contributed by atoms with Crippen LogP contribution < -0.4 is 5.32 Å². The molecule has 0 saturated carbocycles. The first-order chi connectivity index (χ1) is 6.78. The minimum atomic E-state index is -0.625. The molecule has 1 rings (SSSR count). The second kappa shape index (κ2) is 4.18. The first kappa shape index (κ1) is 12.0. The number of rotatable bonds is 2. The van der Waals surface area contributed by atoms with Gasteiger partial charge < -0.3 is 15.3 Å². The topological polar surface area (TPSA) is 69.6 Å². The van der Waals surface area contributed by atoms with Crippen LogP contribution in [0, 0.1) is 0 Å². The summed E-state index contributed by atoms with van der Waals surface area (Å²) in [4.78, 5) is 24.1. The van der Waals surface area contributed by atoms with E-state index >= 15 is 0 Å². The second-order valence-electron chi connectivity index (χ2n) is 4.93. The molecule has 86 valence electrons. The molecule has 15 heavy (non-hydrogen) atoms. The van der Waals surface area contributed by atoms with Crippen molar-refractivity contribution in [2.45, 2.75) is 38.8 Å². The van der Waals surface area contributed by atoms with Crippen LogP contribution in [0.3, 0.4) is 0 Å². The summed E-state index contributed by atoms with van der Waals surface area (Å²) in [7, 11) is 0. The third-order valence-electron chi connectivity index (χ3n) is 2.04. The van der Waals surface area contributed by atoms with Crippen LogP contribution in [0.5, 0.6) is 0 Å². The van der Waals surface area contributed by atoms with Crippen molar-refractivity contribution in [2.75, 3.05) is 13.1 Å². The van der Waals surface area contributed by atoms with Gasteiger partial charge in [0.25, 0.3) is 0 Å². The number of nitrogens with one attached hydrogen (secondary N) is 1. The number of aliphatic hydroxyl groups is 1. The molecule has 0 radical (unpaired) electrons. The minimum absolute atomic E-state index is 0.0349. The second-order valence-corrected chi connectivity index (χ2v) is 4.93. The van der Waals surface area contributed by atoms with Gasteiger partial charge in [0.05, 0.1) is 19.1 Å². The summed E-state index contributed by atoms with van der Waals surface area (Å²) in [5.74, 6) is -0.350. The first-order valence-electron chi connectivity index (χ1n) is 5.05. The lowest BCUT2D eigenvalue weighted by atomic mass is 10.1. The third-order valence-corrected chi connectivity index (χ3v) is 2.04. The van der Waals surface area contributed by atoms with E-state index in [4.69, 9.17) is 0 Å². The van der Waals surface area contributed by atoms with Crippen molar-refractivity contribution in [1.82, 2.24) is 10.2 Å². The van der Waals surface area contributed by atoms with Gasteiger partial charge in [-0.3, -0.25) is 9.59 Å². The Labute approximate surface area is 89.4 Å². The van der Waals surface area contributed by atoms with Crippen molar-refractivity contribution >= 4 is 11.8 Å². The van der Waals surface area contributed by atoms with Gasteiger partial charge in [-0.05, 0) is 20.8 Å². The molecule has 1 aliphatic rings. The van der Waals surface area contributed by atoms with E-state index in [1.54, 1.807) is 0 Å². The smallest absolute Gasteiger partial charge is 0.240 e. The maximum atomic E-state index is 11.5. The van der Waals surface area contributed by atoms with Gasteiger partial charge in [0.2, 0.25) is 11.8 Å². The molecular weight excluding hydrogens is 196 g/mol. The zero-order valence-corrected chi connectivity index (χ0v) is 9.41. The van der Waals surface area contributed by atoms with Gasteiger partial charge in [-0.25, -0.2) is 0 Å². The number of likely N-dealkylation sites (tertiary alicyclic amines) is 1. The molecule has 5 nitrogen and oxygen atoms in total. The molecule has 2 amide bonds. The fourth-order valence-corrected chi connectivity index (χ4v) is 1.54. The first-order valence-corrected chi connectivity index (χ1v) is 5.05. The molecule has 0 bridgehead atoms. The van der Waals surface area contributed by atoms with Crippen molar-refractivity contribution in [1.29, 1.82) is 0 Å². The molecule has 0 aliphatic carbocycles. The molecule has 1 heterocycles. The number of carbonyl (C=O) groups excluding carboxylic acids is 2. The summed E-state index contributed by atoms with van der Waals surface area (Å²) >= 11 is 0. The molecular formula is C10H18N2O3. The summed E-state index contributed by atoms with van der Waals surface area (Å²) in [5, 5.41) is 12.0. The van der Waals surface area contributed by atoms with Crippen molar-refractivity contribution in [3.05, 3.63) is 0 Å². The van der Waals surface area contributed by atoms with E-state index in [0.29, 0.717) is 0 Å². The Morgan fingerprint density at radius 1 is 1.60 bits per heavy atom. The molecule has 1 aliphatic heterocycles. The molecule has 1 fully saturated rings. The van der Waals surface area contributed by atoms with E-state index in [-0.39, 0.29) is 36.9 Å². The highest BCUT2D eigenvalue weighted by molar-refractivity contribution is 5.86. The predicted molar refractivity (Wildman–Crippen MR) is 55.1 cm³/mol. The summed E-state index contributed by atoms with van der Waals surface area (Å²) < 4.78 is 0. The molecule has 1 saturated heterocycles. The van der Waals surface area contributed by atoms with Gasteiger partial charge >= 0.3 is 0 Å². The van der Waals surface area contributed by atoms with Gasteiger partial charge in [-0.15, -0.1) is 0 Å². The largest absolute Gasteiger partial charge is 0.391 e. The number of hydrogen-bond donors (Lipinski definition) is 2. The minimum Gasteiger partial charge on any atom is -0.391 e. The quantitative estimate of drug-likeness (QED) is 0.650. The van der Waals surface area contributed by atoms with Crippen LogP contribution in [-0.4, -0.2) is 46.6 Å². The summed E-state index contributed by atoms with van der Waals surface area (Å²) in [5.41, 5.74) is -0.293. The molecule has 0 aromatic rings. The highest BCUT2D eigenvalue weighted by Crippen LogP contribution is 2.10. The lowest BCUT2D eigenvalue weighted by Gasteiger charge is -2.23. The van der Waals surface area contributed by atoms with Crippen LogP contribution in [-0.2, 0) is 9.59 Å². The normalized spacial score (nSPS) is 22.0. The van der Waals surface area contributed by atoms with Crippen molar-refractivity contribution in [3.63, 3.8) is 0 Å². The average molecular weight is 214 g/mol. The lowest BCUT2D eigenvalue weighted by Crippen LogP contribution is -2.46. The number of aliphatic hydroxyl groups excluding tert-OH is 1. The van der Waals surface area contributed by atoms with E-state index in [1.807, 2.05) is 20.8 Å². The molecule has 1 unspecified atom stereocenters. The van der Waals surface area contributed by atoms with E-state index in [9.17, 15) is 14.7 Å². The third kappa shape index (κ3) is 3.87. The van der Waals surface area contributed by atoms with Gasteiger partial charge in [-0.2, -0.15) is 0 Å².